The van der Waals surface area contributed by atoms with Crippen LogP contribution in [0.25, 0.3) is 0 Å². The molecule has 118 valence electrons. The highest BCUT2D eigenvalue weighted by Gasteiger charge is 2.07. The topological polar surface area (TPSA) is 55.4 Å². The molecule has 23 heavy (non-hydrogen) atoms. The first-order valence-corrected chi connectivity index (χ1v) is 7.13. The molecule has 0 aliphatic rings. The van der Waals surface area contributed by atoms with Gasteiger partial charge >= 0.3 is 5.97 Å². The Hall–Kier alpha value is -2.95. The van der Waals surface area contributed by atoms with Crippen molar-refractivity contribution in [3.63, 3.8) is 0 Å². The Bertz CT molecular complexity index is 741. The van der Waals surface area contributed by atoms with E-state index in [-0.39, 0.29) is 5.75 Å². The second-order valence-electron chi connectivity index (χ2n) is 4.68. The monoisotopic (exact) mass is 313 g/mol. The number of amides is 1. The van der Waals surface area contributed by atoms with Gasteiger partial charge in [-0.05, 0) is 30.2 Å². The van der Waals surface area contributed by atoms with E-state index in [4.69, 9.17) is 4.74 Å². The average Bonchev–Trinajstić information content (AvgIpc) is 2.55. The summed E-state index contributed by atoms with van der Waals surface area (Å²) in [4.78, 5) is 23.4. The molecule has 5 heteroatoms. The van der Waals surface area contributed by atoms with E-state index in [2.05, 4.69) is 5.32 Å². The van der Waals surface area contributed by atoms with E-state index in [1.165, 1.54) is 18.2 Å². The number of benzene rings is 2. The van der Waals surface area contributed by atoms with Crippen LogP contribution in [-0.2, 0) is 16.0 Å². The molecular formula is C18H16FNO3. The summed E-state index contributed by atoms with van der Waals surface area (Å²) in [5.74, 6) is -2.11. The number of aryl methyl sites for hydroxylation is 1. The van der Waals surface area contributed by atoms with Crippen LogP contribution >= 0.6 is 0 Å². The van der Waals surface area contributed by atoms with Crippen LogP contribution in [0.1, 0.15) is 12.5 Å². The Balaban J connectivity index is 1.95. The molecule has 1 amide bonds. The van der Waals surface area contributed by atoms with Crippen LogP contribution in [0.5, 0.6) is 5.75 Å². The first-order chi connectivity index (χ1) is 11.1. The Labute approximate surface area is 133 Å². The zero-order chi connectivity index (χ0) is 16.7. The molecule has 0 spiro atoms. The molecule has 0 saturated carbocycles. The fourth-order valence-electron chi connectivity index (χ4n) is 1.94. The third kappa shape index (κ3) is 4.78. The molecule has 0 heterocycles. The average molecular weight is 313 g/mol. The van der Waals surface area contributed by atoms with Gasteiger partial charge in [0, 0.05) is 17.8 Å². The predicted octanol–water partition coefficient (Wildman–Crippen LogP) is 3.49. The summed E-state index contributed by atoms with van der Waals surface area (Å²) in [6.07, 6.45) is 2.78. The SMILES string of the molecule is CCc1ccccc1NC(=O)/C=C/C(=O)Oc1ccccc1F. The van der Waals surface area contributed by atoms with Gasteiger partial charge in [-0.3, -0.25) is 4.79 Å². The van der Waals surface area contributed by atoms with Crippen molar-refractivity contribution in [2.24, 2.45) is 0 Å². The predicted molar refractivity (Wildman–Crippen MR) is 85.6 cm³/mol. The molecule has 2 rings (SSSR count). The van der Waals surface area contributed by atoms with Gasteiger partial charge < -0.3 is 10.1 Å². The maximum Gasteiger partial charge on any atom is 0.336 e. The third-order valence-electron chi connectivity index (χ3n) is 3.07. The molecule has 0 bridgehead atoms. The van der Waals surface area contributed by atoms with Crippen LogP contribution in [-0.4, -0.2) is 11.9 Å². The number of halogens is 1. The number of hydrogen-bond donors (Lipinski definition) is 1. The van der Waals surface area contributed by atoms with Gasteiger partial charge in [0.1, 0.15) is 0 Å². The highest BCUT2D eigenvalue weighted by Crippen LogP contribution is 2.16. The maximum atomic E-state index is 13.3. The molecule has 0 saturated heterocycles. The molecular weight excluding hydrogens is 297 g/mol. The van der Waals surface area contributed by atoms with Crippen molar-refractivity contribution in [3.8, 4) is 5.75 Å². The minimum absolute atomic E-state index is 0.182. The molecule has 2 aromatic rings. The summed E-state index contributed by atoms with van der Waals surface area (Å²) >= 11 is 0. The fourth-order valence-corrected chi connectivity index (χ4v) is 1.94. The number of rotatable bonds is 5. The van der Waals surface area contributed by atoms with E-state index < -0.39 is 17.7 Å². The zero-order valence-electron chi connectivity index (χ0n) is 12.6. The Morgan fingerprint density at radius 2 is 1.78 bits per heavy atom. The van der Waals surface area contributed by atoms with Crippen molar-refractivity contribution < 1.29 is 18.7 Å². The minimum atomic E-state index is -0.825. The number of ether oxygens (including phenoxy) is 1. The van der Waals surface area contributed by atoms with Gasteiger partial charge in [0.2, 0.25) is 5.91 Å². The molecule has 0 fully saturated rings. The molecule has 0 aliphatic heterocycles. The Morgan fingerprint density at radius 1 is 1.09 bits per heavy atom. The van der Waals surface area contributed by atoms with E-state index in [0.717, 1.165) is 24.1 Å². The van der Waals surface area contributed by atoms with Crippen LogP contribution in [0, 0.1) is 5.82 Å². The second-order valence-corrected chi connectivity index (χ2v) is 4.68. The fraction of sp³-hybridized carbons (Fsp3) is 0.111. The largest absolute Gasteiger partial charge is 0.420 e. The van der Waals surface area contributed by atoms with Crippen LogP contribution in [0.2, 0.25) is 0 Å². The summed E-state index contributed by atoms with van der Waals surface area (Å²) in [7, 11) is 0. The molecule has 2 aromatic carbocycles. The summed E-state index contributed by atoms with van der Waals surface area (Å²) in [5, 5.41) is 2.68. The normalized spacial score (nSPS) is 10.5. The number of nitrogens with one attached hydrogen (secondary N) is 1. The van der Waals surface area contributed by atoms with Crippen LogP contribution in [0.4, 0.5) is 10.1 Å². The lowest BCUT2D eigenvalue weighted by Gasteiger charge is -2.07. The van der Waals surface area contributed by atoms with E-state index in [0.29, 0.717) is 5.69 Å². The summed E-state index contributed by atoms with van der Waals surface area (Å²) in [5.41, 5.74) is 1.68. The lowest BCUT2D eigenvalue weighted by atomic mass is 10.1. The van der Waals surface area contributed by atoms with Gasteiger partial charge in [-0.2, -0.15) is 0 Å². The van der Waals surface area contributed by atoms with Crippen molar-refractivity contribution in [2.45, 2.75) is 13.3 Å². The Kier molecular flexibility index (Phi) is 5.63. The summed E-state index contributed by atoms with van der Waals surface area (Å²) in [6, 6.07) is 12.9. The maximum absolute atomic E-state index is 13.3. The number of carbonyl (C=O) groups excluding carboxylic acids is 2. The zero-order valence-corrected chi connectivity index (χ0v) is 12.6. The molecule has 1 N–H and O–H groups in total. The number of anilines is 1. The van der Waals surface area contributed by atoms with Gasteiger partial charge in [-0.1, -0.05) is 37.3 Å². The molecule has 0 atom stereocenters. The molecule has 4 nitrogen and oxygen atoms in total. The van der Waals surface area contributed by atoms with Crippen LogP contribution < -0.4 is 10.1 Å². The van der Waals surface area contributed by atoms with Crippen LogP contribution in [0.15, 0.2) is 60.7 Å². The standard InChI is InChI=1S/C18H16FNO3/c1-2-13-7-3-5-9-15(13)20-17(21)11-12-18(22)23-16-10-6-4-8-14(16)19/h3-12H,2H2,1H3,(H,20,21)/b12-11+. The first kappa shape index (κ1) is 16.4. The lowest BCUT2D eigenvalue weighted by molar-refractivity contribution is -0.129. The van der Waals surface area contributed by atoms with Gasteiger partial charge in [0.25, 0.3) is 0 Å². The molecule has 0 radical (unpaired) electrons. The molecule has 0 aromatic heterocycles. The van der Waals surface area contributed by atoms with Crippen LogP contribution in [0.3, 0.4) is 0 Å². The number of esters is 1. The van der Waals surface area contributed by atoms with Gasteiger partial charge in [0.05, 0.1) is 0 Å². The highest BCUT2D eigenvalue weighted by molar-refractivity contribution is 6.03. The van der Waals surface area contributed by atoms with E-state index in [1.807, 2.05) is 25.1 Å². The quantitative estimate of drug-likeness (QED) is 0.522. The lowest BCUT2D eigenvalue weighted by Crippen LogP contribution is -2.12. The third-order valence-corrected chi connectivity index (χ3v) is 3.07. The number of para-hydroxylation sites is 2. The number of hydrogen-bond acceptors (Lipinski definition) is 3. The summed E-state index contributed by atoms with van der Waals surface area (Å²) < 4.78 is 18.1. The van der Waals surface area contributed by atoms with Crippen molar-refractivity contribution in [1.29, 1.82) is 0 Å². The van der Waals surface area contributed by atoms with E-state index in [9.17, 15) is 14.0 Å². The molecule has 0 aliphatic carbocycles. The van der Waals surface area contributed by atoms with Gasteiger partial charge in [0.15, 0.2) is 11.6 Å². The smallest absolute Gasteiger partial charge is 0.336 e. The summed E-state index contributed by atoms with van der Waals surface area (Å²) in [6.45, 7) is 1.98. The van der Waals surface area contributed by atoms with Crippen molar-refractivity contribution in [1.82, 2.24) is 0 Å². The second kappa shape index (κ2) is 7.89. The highest BCUT2D eigenvalue weighted by atomic mass is 19.1. The van der Waals surface area contributed by atoms with E-state index in [1.54, 1.807) is 12.1 Å². The first-order valence-electron chi connectivity index (χ1n) is 7.13. The van der Waals surface area contributed by atoms with Crippen molar-refractivity contribution in [3.05, 3.63) is 72.1 Å². The minimum Gasteiger partial charge on any atom is -0.420 e. The number of carbonyl (C=O) groups is 2. The van der Waals surface area contributed by atoms with E-state index >= 15 is 0 Å². The van der Waals surface area contributed by atoms with Crippen molar-refractivity contribution >= 4 is 17.6 Å². The Morgan fingerprint density at radius 3 is 2.52 bits per heavy atom. The van der Waals surface area contributed by atoms with Gasteiger partial charge in [-0.25, -0.2) is 9.18 Å². The van der Waals surface area contributed by atoms with Crippen molar-refractivity contribution in [2.75, 3.05) is 5.32 Å². The molecule has 0 unspecified atom stereocenters. The van der Waals surface area contributed by atoms with Gasteiger partial charge in [-0.15, -0.1) is 0 Å².